The van der Waals surface area contributed by atoms with Gasteiger partial charge in [0.1, 0.15) is 12.4 Å². The molecule has 1 aliphatic carbocycles. The first kappa shape index (κ1) is 29.3. The molecule has 40 heavy (non-hydrogen) atoms. The highest BCUT2D eigenvalue weighted by atomic mass is 16.5. The van der Waals surface area contributed by atoms with Crippen LogP contribution in [0.4, 0.5) is 0 Å². The fourth-order valence-electron chi connectivity index (χ4n) is 5.59. The van der Waals surface area contributed by atoms with E-state index in [1.54, 1.807) is 6.07 Å². The standard InChI is InChI=1S/C34H41NO5/c1-24(2)26-15-13-25(14-16-26)23-40-32-11-4-3-8-27(32)19-21-35(20-6-5-12-33(36)37)31-10-7-9-28-22-29(34(38)39)17-18-30(28)31/h3-4,8,11,13-18,22,24,31H,5-7,9-10,12,19-21,23H2,1-2H3,(H,36,37)(H,38,39)/t31-/m1/s1. The lowest BCUT2D eigenvalue weighted by atomic mass is 9.85. The van der Waals surface area contributed by atoms with Gasteiger partial charge in [0, 0.05) is 19.0 Å². The lowest BCUT2D eigenvalue weighted by molar-refractivity contribution is -0.137. The molecular formula is C34H41NO5. The molecule has 2 N–H and O–H groups in total. The Hall–Kier alpha value is -3.64. The Kier molecular flexibility index (Phi) is 10.4. The van der Waals surface area contributed by atoms with Gasteiger partial charge in [0.25, 0.3) is 0 Å². The number of hydrogen-bond donors (Lipinski definition) is 2. The molecule has 0 aliphatic heterocycles. The number of aliphatic carboxylic acids is 1. The third-order valence-corrected chi connectivity index (χ3v) is 7.88. The number of carboxylic acids is 2. The third kappa shape index (κ3) is 7.95. The minimum absolute atomic E-state index is 0.173. The number of nitrogens with zero attached hydrogens (tertiary/aromatic N) is 1. The predicted octanol–water partition coefficient (Wildman–Crippen LogP) is 7.26. The van der Waals surface area contributed by atoms with E-state index in [0.29, 0.717) is 24.5 Å². The number of rotatable bonds is 14. The summed E-state index contributed by atoms with van der Waals surface area (Å²) in [5.41, 5.74) is 6.24. The smallest absolute Gasteiger partial charge is 0.335 e. The van der Waals surface area contributed by atoms with E-state index in [-0.39, 0.29) is 12.5 Å². The lowest BCUT2D eigenvalue weighted by Gasteiger charge is -2.36. The van der Waals surface area contributed by atoms with Crippen molar-refractivity contribution in [3.8, 4) is 5.75 Å². The zero-order chi connectivity index (χ0) is 28.5. The number of hydrogen-bond acceptors (Lipinski definition) is 4. The van der Waals surface area contributed by atoms with Gasteiger partial charge in [-0.3, -0.25) is 9.69 Å². The monoisotopic (exact) mass is 543 g/mol. The van der Waals surface area contributed by atoms with Crippen molar-refractivity contribution in [3.05, 3.63) is 100 Å². The van der Waals surface area contributed by atoms with E-state index in [0.717, 1.165) is 67.6 Å². The second-order valence-electron chi connectivity index (χ2n) is 11.1. The van der Waals surface area contributed by atoms with Crippen LogP contribution >= 0.6 is 0 Å². The number of benzene rings is 3. The highest BCUT2D eigenvalue weighted by molar-refractivity contribution is 5.88. The molecule has 0 radical (unpaired) electrons. The van der Waals surface area contributed by atoms with Crippen LogP contribution in [0.1, 0.15) is 96.1 Å². The highest BCUT2D eigenvalue weighted by Gasteiger charge is 2.26. The second-order valence-corrected chi connectivity index (χ2v) is 11.1. The minimum atomic E-state index is -0.900. The van der Waals surface area contributed by atoms with Crippen LogP contribution in [0.3, 0.4) is 0 Å². The van der Waals surface area contributed by atoms with Crippen LogP contribution < -0.4 is 4.74 Å². The van der Waals surface area contributed by atoms with Gasteiger partial charge >= 0.3 is 11.9 Å². The summed E-state index contributed by atoms with van der Waals surface area (Å²) in [5.74, 6) is -0.280. The molecule has 0 spiro atoms. The molecule has 0 fully saturated rings. The molecule has 1 atom stereocenters. The van der Waals surface area contributed by atoms with E-state index >= 15 is 0 Å². The molecule has 0 amide bonds. The highest BCUT2D eigenvalue weighted by Crippen LogP contribution is 2.35. The first-order valence-corrected chi connectivity index (χ1v) is 14.4. The van der Waals surface area contributed by atoms with Crippen molar-refractivity contribution in [2.24, 2.45) is 0 Å². The second kappa shape index (κ2) is 14.1. The number of para-hydroxylation sites is 1. The van der Waals surface area contributed by atoms with E-state index in [4.69, 9.17) is 9.84 Å². The maximum absolute atomic E-state index is 11.5. The summed E-state index contributed by atoms with van der Waals surface area (Å²) in [5, 5.41) is 18.6. The first-order chi connectivity index (χ1) is 19.3. The van der Waals surface area contributed by atoms with Crippen molar-refractivity contribution < 1.29 is 24.5 Å². The Bertz CT molecular complexity index is 1280. The van der Waals surface area contributed by atoms with Gasteiger partial charge in [0.05, 0.1) is 5.56 Å². The molecule has 0 bridgehead atoms. The maximum atomic E-state index is 11.5. The van der Waals surface area contributed by atoms with Crippen LogP contribution in [-0.2, 0) is 24.2 Å². The largest absolute Gasteiger partial charge is 0.489 e. The number of carbonyl (C=O) groups is 2. The Morgan fingerprint density at radius 3 is 2.48 bits per heavy atom. The fraction of sp³-hybridized carbons (Fsp3) is 0.412. The van der Waals surface area contributed by atoms with E-state index in [1.807, 2.05) is 30.3 Å². The molecule has 3 aromatic rings. The molecule has 0 unspecified atom stereocenters. The average molecular weight is 544 g/mol. The normalized spacial score (nSPS) is 14.8. The zero-order valence-corrected chi connectivity index (χ0v) is 23.6. The maximum Gasteiger partial charge on any atom is 0.335 e. The van der Waals surface area contributed by atoms with Crippen molar-refractivity contribution in [3.63, 3.8) is 0 Å². The SMILES string of the molecule is CC(C)c1ccc(COc2ccccc2CCN(CCCCC(=O)O)[C@@H]2CCCc3cc(C(=O)O)ccc32)cc1. The van der Waals surface area contributed by atoms with E-state index in [2.05, 4.69) is 49.1 Å². The molecule has 3 aromatic carbocycles. The van der Waals surface area contributed by atoms with Crippen LogP contribution in [0.25, 0.3) is 0 Å². The lowest BCUT2D eigenvalue weighted by Crippen LogP contribution is -2.34. The van der Waals surface area contributed by atoms with Crippen LogP contribution in [0.2, 0.25) is 0 Å². The number of carboxylic acid groups (broad SMARTS) is 2. The van der Waals surface area contributed by atoms with Gasteiger partial charge in [-0.15, -0.1) is 0 Å². The molecule has 6 nitrogen and oxygen atoms in total. The summed E-state index contributed by atoms with van der Waals surface area (Å²) < 4.78 is 6.28. The van der Waals surface area contributed by atoms with Gasteiger partial charge in [-0.1, -0.05) is 62.4 Å². The number of unbranched alkanes of at least 4 members (excludes halogenated alkanes) is 1. The molecular weight excluding hydrogens is 502 g/mol. The van der Waals surface area contributed by atoms with Crippen molar-refractivity contribution in [2.75, 3.05) is 13.1 Å². The summed E-state index contributed by atoms with van der Waals surface area (Å²) in [4.78, 5) is 25.1. The Labute approximate surface area is 237 Å². The molecule has 4 rings (SSSR count). The first-order valence-electron chi connectivity index (χ1n) is 14.4. The summed E-state index contributed by atoms with van der Waals surface area (Å²) in [6.07, 6.45) is 5.31. The quantitative estimate of drug-likeness (QED) is 0.208. The summed E-state index contributed by atoms with van der Waals surface area (Å²) >= 11 is 0. The molecule has 0 aromatic heterocycles. The van der Waals surface area contributed by atoms with Crippen LogP contribution in [0, 0.1) is 0 Å². The topological polar surface area (TPSA) is 87.1 Å². The minimum Gasteiger partial charge on any atom is -0.489 e. The van der Waals surface area contributed by atoms with E-state index in [9.17, 15) is 14.7 Å². The molecule has 1 aliphatic rings. The summed E-state index contributed by atoms with van der Waals surface area (Å²) in [7, 11) is 0. The Morgan fingerprint density at radius 2 is 1.75 bits per heavy atom. The van der Waals surface area contributed by atoms with Gasteiger partial charge in [0.15, 0.2) is 0 Å². The van der Waals surface area contributed by atoms with Gasteiger partial charge < -0.3 is 14.9 Å². The molecule has 6 heteroatoms. The van der Waals surface area contributed by atoms with Crippen molar-refractivity contribution in [2.45, 2.75) is 77.4 Å². The van der Waals surface area contributed by atoms with Crippen molar-refractivity contribution in [1.29, 1.82) is 0 Å². The Balaban J connectivity index is 1.47. The van der Waals surface area contributed by atoms with Gasteiger partial charge in [0.2, 0.25) is 0 Å². The zero-order valence-electron chi connectivity index (χ0n) is 23.6. The van der Waals surface area contributed by atoms with Gasteiger partial charge in [-0.05, 0) is 97.0 Å². The number of aromatic carboxylic acids is 1. The number of fused-ring (bicyclic) bond motifs is 1. The van der Waals surface area contributed by atoms with Crippen molar-refractivity contribution >= 4 is 11.9 Å². The number of ether oxygens (including phenoxy) is 1. The molecule has 212 valence electrons. The molecule has 0 saturated heterocycles. The average Bonchev–Trinajstić information content (AvgIpc) is 2.95. The Morgan fingerprint density at radius 1 is 0.975 bits per heavy atom. The summed E-state index contributed by atoms with van der Waals surface area (Å²) in [6.45, 7) is 6.49. The van der Waals surface area contributed by atoms with Gasteiger partial charge in [-0.2, -0.15) is 0 Å². The number of aryl methyl sites for hydroxylation is 1. The van der Waals surface area contributed by atoms with Crippen LogP contribution in [0.5, 0.6) is 5.75 Å². The third-order valence-electron chi connectivity index (χ3n) is 7.88. The van der Waals surface area contributed by atoms with E-state index < -0.39 is 11.9 Å². The van der Waals surface area contributed by atoms with Crippen LogP contribution in [0.15, 0.2) is 66.7 Å². The van der Waals surface area contributed by atoms with Crippen molar-refractivity contribution in [1.82, 2.24) is 4.90 Å². The fourth-order valence-corrected chi connectivity index (χ4v) is 5.59. The van der Waals surface area contributed by atoms with Gasteiger partial charge in [-0.25, -0.2) is 4.79 Å². The predicted molar refractivity (Wildman–Crippen MR) is 157 cm³/mol. The molecule has 0 heterocycles. The molecule has 0 saturated carbocycles. The van der Waals surface area contributed by atoms with E-state index in [1.165, 1.54) is 11.1 Å². The summed E-state index contributed by atoms with van der Waals surface area (Å²) in [6, 6.07) is 22.5. The van der Waals surface area contributed by atoms with Crippen LogP contribution in [-0.4, -0.2) is 40.1 Å².